The molecule has 0 aromatic heterocycles. The van der Waals surface area contributed by atoms with E-state index in [1.54, 1.807) is 0 Å². The lowest BCUT2D eigenvalue weighted by atomic mass is 10.1. The van der Waals surface area contributed by atoms with E-state index < -0.39 is 0 Å². The Kier molecular flexibility index (Phi) is 3.93. The lowest BCUT2D eigenvalue weighted by Crippen LogP contribution is -1.99. The molecule has 0 unspecified atom stereocenters. The van der Waals surface area contributed by atoms with Crippen LogP contribution in [0.3, 0.4) is 0 Å². The van der Waals surface area contributed by atoms with Crippen LogP contribution < -0.4 is 0 Å². The molecule has 0 saturated carbocycles. The Labute approximate surface area is 55.8 Å². The zero-order chi connectivity index (χ0) is 7.28. The number of hydrogen-bond acceptors (Lipinski definition) is 2. The first-order chi connectivity index (χ1) is 4.16. The quantitative estimate of drug-likeness (QED) is 0.452. The first-order valence-electron chi connectivity index (χ1n) is 3.19. The summed E-state index contributed by atoms with van der Waals surface area (Å²) in [5, 5.41) is 6.96. The van der Waals surface area contributed by atoms with Gasteiger partial charge in [0.25, 0.3) is 0 Å². The summed E-state index contributed by atoms with van der Waals surface area (Å²) >= 11 is 0. The van der Waals surface area contributed by atoms with Crippen LogP contribution >= 0.6 is 0 Å². The summed E-state index contributed by atoms with van der Waals surface area (Å²) in [4.78, 5) is 9.89. The van der Waals surface area contributed by atoms with Crippen LogP contribution in [0.2, 0.25) is 0 Å². The van der Waals surface area contributed by atoms with Crippen LogP contribution in [0.5, 0.6) is 0 Å². The van der Waals surface area contributed by atoms with Crippen LogP contribution in [0.1, 0.15) is 26.7 Å². The summed E-state index contributed by atoms with van der Waals surface area (Å²) in [6, 6.07) is 0. The maximum atomic E-state index is 9.89. The molecule has 9 heavy (non-hydrogen) atoms. The standard InChI is InChI=1S/C7H13NO/c1-6(2)3-4-7(8)5-9/h5-6,8H,3-4H2,1-2H3. The van der Waals surface area contributed by atoms with E-state index in [0.29, 0.717) is 18.6 Å². The minimum atomic E-state index is 0.212. The molecule has 0 aliphatic rings. The SMILES string of the molecule is CC(C)CCC(=N)C=O. The lowest BCUT2D eigenvalue weighted by Gasteiger charge is -1.99. The highest BCUT2D eigenvalue weighted by atomic mass is 16.1. The third kappa shape index (κ3) is 5.21. The maximum absolute atomic E-state index is 9.89. The number of rotatable bonds is 4. The van der Waals surface area contributed by atoms with Crippen molar-refractivity contribution in [2.75, 3.05) is 0 Å². The summed E-state index contributed by atoms with van der Waals surface area (Å²) in [6.45, 7) is 4.16. The van der Waals surface area contributed by atoms with Crippen molar-refractivity contribution in [1.82, 2.24) is 0 Å². The molecular formula is C7H13NO. The maximum Gasteiger partial charge on any atom is 0.163 e. The fourth-order valence-corrected chi connectivity index (χ4v) is 0.503. The highest BCUT2D eigenvalue weighted by Gasteiger charge is 1.96. The zero-order valence-electron chi connectivity index (χ0n) is 5.98. The number of carbonyl (C=O) groups is 1. The minimum absolute atomic E-state index is 0.212. The average Bonchev–Trinajstić information content (AvgIpc) is 1.83. The van der Waals surface area contributed by atoms with Crippen molar-refractivity contribution < 1.29 is 4.79 Å². The van der Waals surface area contributed by atoms with Gasteiger partial charge in [-0.3, -0.25) is 4.79 Å². The van der Waals surface area contributed by atoms with Crippen LogP contribution in [-0.2, 0) is 4.79 Å². The molecule has 0 rings (SSSR count). The van der Waals surface area contributed by atoms with E-state index in [0.717, 1.165) is 6.42 Å². The van der Waals surface area contributed by atoms with Crippen LogP contribution in [0.25, 0.3) is 0 Å². The second kappa shape index (κ2) is 4.24. The number of aldehydes is 1. The molecule has 0 aromatic rings. The second-order valence-corrected chi connectivity index (χ2v) is 2.58. The van der Waals surface area contributed by atoms with Gasteiger partial charge >= 0.3 is 0 Å². The summed E-state index contributed by atoms with van der Waals surface area (Å²) < 4.78 is 0. The molecular weight excluding hydrogens is 114 g/mol. The van der Waals surface area contributed by atoms with Gasteiger partial charge in [0.05, 0.1) is 5.71 Å². The number of nitrogens with one attached hydrogen (secondary N) is 1. The van der Waals surface area contributed by atoms with Crippen molar-refractivity contribution in [3.05, 3.63) is 0 Å². The Morgan fingerprint density at radius 1 is 1.67 bits per heavy atom. The van der Waals surface area contributed by atoms with Gasteiger partial charge in [-0.25, -0.2) is 0 Å². The van der Waals surface area contributed by atoms with E-state index in [-0.39, 0.29) is 5.71 Å². The van der Waals surface area contributed by atoms with Crippen molar-refractivity contribution in [1.29, 1.82) is 5.41 Å². The van der Waals surface area contributed by atoms with Crippen molar-refractivity contribution in [3.63, 3.8) is 0 Å². The van der Waals surface area contributed by atoms with Crippen molar-refractivity contribution in [2.24, 2.45) is 5.92 Å². The largest absolute Gasteiger partial charge is 0.302 e. The summed E-state index contributed by atoms with van der Waals surface area (Å²) in [6.07, 6.45) is 2.18. The molecule has 0 saturated heterocycles. The number of carbonyl (C=O) groups excluding carboxylic acids is 1. The monoisotopic (exact) mass is 127 g/mol. The first kappa shape index (κ1) is 8.34. The lowest BCUT2D eigenvalue weighted by molar-refractivity contribution is -0.102. The van der Waals surface area contributed by atoms with E-state index in [4.69, 9.17) is 5.41 Å². The molecule has 0 aliphatic heterocycles. The van der Waals surface area contributed by atoms with Gasteiger partial charge in [-0.05, 0) is 18.8 Å². The smallest absolute Gasteiger partial charge is 0.163 e. The third-order valence-electron chi connectivity index (χ3n) is 1.13. The molecule has 0 fully saturated rings. The van der Waals surface area contributed by atoms with Gasteiger partial charge in [0.1, 0.15) is 0 Å². The summed E-state index contributed by atoms with van der Waals surface area (Å²) in [5.74, 6) is 0.588. The predicted molar refractivity (Wildman–Crippen MR) is 37.9 cm³/mol. The van der Waals surface area contributed by atoms with E-state index in [2.05, 4.69) is 13.8 Å². The fourth-order valence-electron chi connectivity index (χ4n) is 0.503. The summed E-state index contributed by atoms with van der Waals surface area (Å²) in [5.41, 5.74) is 0.212. The van der Waals surface area contributed by atoms with Gasteiger partial charge in [-0.2, -0.15) is 0 Å². The van der Waals surface area contributed by atoms with Gasteiger partial charge in [-0.15, -0.1) is 0 Å². The van der Waals surface area contributed by atoms with E-state index in [1.807, 2.05) is 0 Å². The minimum Gasteiger partial charge on any atom is -0.302 e. The van der Waals surface area contributed by atoms with Gasteiger partial charge in [0.15, 0.2) is 6.29 Å². The van der Waals surface area contributed by atoms with Gasteiger partial charge in [0, 0.05) is 0 Å². The Bertz CT molecular complexity index is 107. The van der Waals surface area contributed by atoms with Crippen molar-refractivity contribution >= 4 is 12.0 Å². The van der Waals surface area contributed by atoms with Crippen LogP contribution in [0.15, 0.2) is 0 Å². The molecule has 2 nitrogen and oxygen atoms in total. The van der Waals surface area contributed by atoms with Crippen LogP contribution in [-0.4, -0.2) is 12.0 Å². The molecule has 0 atom stereocenters. The van der Waals surface area contributed by atoms with Gasteiger partial charge in [0.2, 0.25) is 0 Å². The van der Waals surface area contributed by atoms with Gasteiger partial charge in [-0.1, -0.05) is 13.8 Å². The van der Waals surface area contributed by atoms with Crippen LogP contribution in [0.4, 0.5) is 0 Å². The Morgan fingerprint density at radius 3 is 2.56 bits per heavy atom. The molecule has 0 aromatic carbocycles. The first-order valence-corrected chi connectivity index (χ1v) is 3.19. The molecule has 0 spiro atoms. The fraction of sp³-hybridized carbons (Fsp3) is 0.714. The van der Waals surface area contributed by atoms with Crippen molar-refractivity contribution in [3.8, 4) is 0 Å². The highest BCUT2D eigenvalue weighted by Crippen LogP contribution is 2.02. The second-order valence-electron chi connectivity index (χ2n) is 2.58. The Balaban J connectivity index is 3.27. The normalized spacial score (nSPS) is 9.67. The van der Waals surface area contributed by atoms with E-state index in [1.165, 1.54) is 0 Å². The molecule has 2 heteroatoms. The highest BCUT2D eigenvalue weighted by molar-refractivity contribution is 6.26. The van der Waals surface area contributed by atoms with Gasteiger partial charge < -0.3 is 5.41 Å². The zero-order valence-corrected chi connectivity index (χ0v) is 5.98. The molecule has 0 heterocycles. The number of hydrogen-bond donors (Lipinski definition) is 1. The van der Waals surface area contributed by atoms with Crippen LogP contribution in [0, 0.1) is 11.3 Å². The molecule has 52 valence electrons. The Hall–Kier alpha value is -0.660. The molecule has 0 bridgehead atoms. The van der Waals surface area contributed by atoms with E-state index >= 15 is 0 Å². The third-order valence-corrected chi connectivity index (χ3v) is 1.13. The Morgan fingerprint density at radius 2 is 2.22 bits per heavy atom. The van der Waals surface area contributed by atoms with E-state index in [9.17, 15) is 4.79 Å². The van der Waals surface area contributed by atoms with Crippen molar-refractivity contribution in [2.45, 2.75) is 26.7 Å². The topological polar surface area (TPSA) is 40.9 Å². The molecule has 0 amide bonds. The average molecular weight is 127 g/mol. The molecule has 0 aliphatic carbocycles. The molecule has 1 N–H and O–H groups in total. The molecule has 0 radical (unpaired) electrons. The predicted octanol–water partition coefficient (Wildman–Crippen LogP) is 1.64. The summed E-state index contributed by atoms with van der Waals surface area (Å²) in [7, 11) is 0.